The SMILES string of the molecule is CCn1c(C)c(C)c(=O)c(C(=O)OC(C)(C)C)c1-c1ccc(Cl)c(Cl)c1. The molecule has 2 aromatic rings. The highest BCUT2D eigenvalue weighted by atomic mass is 35.5. The number of aromatic nitrogens is 1. The molecule has 0 amide bonds. The lowest BCUT2D eigenvalue weighted by Gasteiger charge is -2.24. The van der Waals surface area contributed by atoms with Gasteiger partial charge in [-0.3, -0.25) is 4.79 Å². The molecule has 0 N–H and O–H groups in total. The van der Waals surface area contributed by atoms with Crippen molar-refractivity contribution in [1.82, 2.24) is 4.57 Å². The van der Waals surface area contributed by atoms with Gasteiger partial charge in [0.1, 0.15) is 11.2 Å². The van der Waals surface area contributed by atoms with Crippen molar-refractivity contribution in [3.63, 3.8) is 0 Å². The van der Waals surface area contributed by atoms with Crippen molar-refractivity contribution in [3.05, 3.63) is 55.3 Å². The molecule has 1 heterocycles. The number of esters is 1. The molecule has 0 atom stereocenters. The lowest BCUT2D eigenvalue weighted by molar-refractivity contribution is 0.00680. The maximum absolute atomic E-state index is 13.0. The van der Waals surface area contributed by atoms with Gasteiger partial charge in [0.25, 0.3) is 0 Å². The summed E-state index contributed by atoms with van der Waals surface area (Å²) in [5.41, 5.74) is 1.43. The number of halogens is 2. The molecule has 0 spiro atoms. The Hall–Kier alpha value is -1.78. The first-order valence-electron chi connectivity index (χ1n) is 8.40. The predicted molar refractivity (Wildman–Crippen MR) is 106 cm³/mol. The van der Waals surface area contributed by atoms with Crippen molar-refractivity contribution in [2.75, 3.05) is 0 Å². The lowest BCUT2D eigenvalue weighted by atomic mass is 10.0. The van der Waals surface area contributed by atoms with E-state index < -0.39 is 11.6 Å². The first-order chi connectivity index (χ1) is 12.0. The first kappa shape index (κ1) is 20.5. The van der Waals surface area contributed by atoms with Gasteiger partial charge in [0, 0.05) is 23.4 Å². The van der Waals surface area contributed by atoms with E-state index in [2.05, 4.69) is 0 Å². The van der Waals surface area contributed by atoms with Crippen molar-refractivity contribution < 1.29 is 9.53 Å². The molecule has 0 aliphatic rings. The average Bonchev–Trinajstić information content (AvgIpc) is 2.53. The van der Waals surface area contributed by atoms with E-state index in [4.69, 9.17) is 27.9 Å². The minimum atomic E-state index is -0.714. The van der Waals surface area contributed by atoms with E-state index in [1.165, 1.54) is 0 Å². The van der Waals surface area contributed by atoms with Gasteiger partial charge < -0.3 is 9.30 Å². The second kappa shape index (κ2) is 7.45. The van der Waals surface area contributed by atoms with Crippen LogP contribution in [0.15, 0.2) is 23.0 Å². The molecule has 0 unspecified atom stereocenters. The summed E-state index contributed by atoms with van der Waals surface area (Å²) in [4.78, 5) is 25.8. The molecular weight excluding hydrogens is 373 g/mol. The molecule has 2 rings (SSSR count). The van der Waals surface area contributed by atoms with E-state index >= 15 is 0 Å². The molecule has 26 heavy (non-hydrogen) atoms. The number of hydrogen-bond donors (Lipinski definition) is 0. The molecule has 0 aliphatic carbocycles. The fourth-order valence-electron chi connectivity index (χ4n) is 2.82. The van der Waals surface area contributed by atoms with Gasteiger partial charge in [0.2, 0.25) is 0 Å². The van der Waals surface area contributed by atoms with E-state index in [0.29, 0.717) is 33.4 Å². The minimum Gasteiger partial charge on any atom is -0.456 e. The maximum Gasteiger partial charge on any atom is 0.344 e. The molecule has 0 fully saturated rings. The molecule has 0 bridgehead atoms. The van der Waals surface area contributed by atoms with Gasteiger partial charge in [-0.2, -0.15) is 0 Å². The lowest BCUT2D eigenvalue weighted by Crippen LogP contribution is -2.31. The summed E-state index contributed by atoms with van der Waals surface area (Å²) < 4.78 is 7.43. The van der Waals surface area contributed by atoms with Gasteiger partial charge in [-0.25, -0.2) is 4.79 Å². The van der Waals surface area contributed by atoms with E-state index in [0.717, 1.165) is 5.69 Å². The Bertz CT molecular complexity index is 924. The third-order valence-corrected chi connectivity index (χ3v) is 4.87. The summed E-state index contributed by atoms with van der Waals surface area (Å²) in [5, 5.41) is 0.760. The van der Waals surface area contributed by atoms with Crippen LogP contribution in [0.5, 0.6) is 0 Å². The highest BCUT2D eigenvalue weighted by Crippen LogP contribution is 2.31. The Kier molecular flexibility index (Phi) is 5.89. The third-order valence-electron chi connectivity index (χ3n) is 4.13. The molecule has 1 aromatic carbocycles. The normalized spacial score (nSPS) is 11.5. The van der Waals surface area contributed by atoms with Gasteiger partial charge in [-0.15, -0.1) is 0 Å². The number of carbonyl (C=O) groups excluding carboxylic acids is 1. The van der Waals surface area contributed by atoms with Crippen molar-refractivity contribution in [1.29, 1.82) is 0 Å². The Morgan fingerprint density at radius 2 is 1.77 bits per heavy atom. The number of carbonyl (C=O) groups is 1. The minimum absolute atomic E-state index is 0.0169. The summed E-state index contributed by atoms with van der Waals surface area (Å²) in [6, 6.07) is 5.06. The van der Waals surface area contributed by atoms with Crippen LogP contribution in [0, 0.1) is 13.8 Å². The molecule has 1 aromatic heterocycles. The highest BCUT2D eigenvalue weighted by molar-refractivity contribution is 6.42. The van der Waals surface area contributed by atoms with E-state index in [9.17, 15) is 9.59 Å². The molecular formula is C20H23Cl2NO3. The monoisotopic (exact) mass is 395 g/mol. The largest absolute Gasteiger partial charge is 0.456 e. The zero-order valence-electron chi connectivity index (χ0n) is 15.9. The summed E-state index contributed by atoms with van der Waals surface area (Å²) >= 11 is 12.2. The van der Waals surface area contributed by atoms with E-state index in [1.807, 2.05) is 18.4 Å². The molecule has 0 radical (unpaired) electrons. The Morgan fingerprint density at radius 1 is 1.15 bits per heavy atom. The van der Waals surface area contributed by atoms with Crippen molar-refractivity contribution in [2.24, 2.45) is 0 Å². The summed E-state index contributed by atoms with van der Waals surface area (Å²) in [5.74, 6) is -0.645. The smallest absolute Gasteiger partial charge is 0.344 e. The molecule has 0 saturated carbocycles. The van der Waals surface area contributed by atoms with Gasteiger partial charge in [0.05, 0.1) is 15.7 Å². The maximum atomic E-state index is 13.0. The van der Waals surface area contributed by atoms with Gasteiger partial charge in [-0.1, -0.05) is 29.3 Å². The van der Waals surface area contributed by atoms with Crippen LogP contribution < -0.4 is 5.43 Å². The predicted octanol–water partition coefficient (Wildman–Crippen LogP) is 5.41. The standard InChI is InChI=1S/C20H23Cl2NO3/c1-7-23-12(3)11(2)18(24)16(19(25)26-20(4,5)6)17(23)13-8-9-14(21)15(22)10-13/h8-10H,7H2,1-6H3. The first-order valence-corrected chi connectivity index (χ1v) is 9.16. The van der Waals surface area contributed by atoms with Crippen LogP contribution in [0.4, 0.5) is 0 Å². The van der Waals surface area contributed by atoms with E-state index in [1.54, 1.807) is 45.9 Å². The quantitative estimate of drug-likeness (QED) is 0.652. The summed E-state index contributed by atoms with van der Waals surface area (Å²) in [6.45, 7) is 11.4. The molecule has 0 aliphatic heterocycles. The molecule has 0 saturated heterocycles. The second-order valence-electron chi connectivity index (χ2n) is 7.14. The van der Waals surface area contributed by atoms with Crippen LogP contribution in [0.3, 0.4) is 0 Å². The van der Waals surface area contributed by atoms with Crippen LogP contribution >= 0.6 is 23.2 Å². The van der Waals surface area contributed by atoms with Crippen LogP contribution in [0.1, 0.15) is 49.3 Å². The van der Waals surface area contributed by atoms with Crippen LogP contribution in [-0.2, 0) is 11.3 Å². The third kappa shape index (κ3) is 3.97. The Labute approximate surface area is 163 Å². The average molecular weight is 396 g/mol. The fraction of sp³-hybridized carbons (Fsp3) is 0.400. The molecule has 140 valence electrons. The molecule has 6 heteroatoms. The Balaban J connectivity index is 2.89. The van der Waals surface area contributed by atoms with Gasteiger partial charge in [0.15, 0.2) is 5.43 Å². The summed E-state index contributed by atoms with van der Waals surface area (Å²) in [7, 11) is 0. The zero-order valence-corrected chi connectivity index (χ0v) is 17.4. The number of hydrogen-bond acceptors (Lipinski definition) is 3. The van der Waals surface area contributed by atoms with Crippen LogP contribution in [0.2, 0.25) is 10.0 Å². The Morgan fingerprint density at radius 3 is 2.27 bits per heavy atom. The van der Waals surface area contributed by atoms with Gasteiger partial charge in [-0.05, 0) is 53.7 Å². The van der Waals surface area contributed by atoms with Crippen molar-refractivity contribution in [2.45, 2.75) is 53.7 Å². The number of pyridine rings is 1. The number of nitrogens with zero attached hydrogens (tertiary/aromatic N) is 1. The number of benzene rings is 1. The van der Waals surface area contributed by atoms with E-state index in [-0.39, 0.29) is 11.0 Å². The van der Waals surface area contributed by atoms with Crippen molar-refractivity contribution in [3.8, 4) is 11.3 Å². The highest BCUT2D eigenvalue weighted by Gasteiger charge is 2.28. The fourth-order valence-corrected chi connectivity index (χ4v) is 3.12. The van der Waals surface area contributed by atoms with Gasteiger partial charge >= 0.3 is 5.97 Å². The second-order valence-corrected chi connectivity index (χ2v) is 7.95. The van der Waals surface area contributed by atoms with Crippen molar-refractivity contribution >= 4 is 29.2 Å². The van der Waals surface area contributed by atoms with Crippen LogP contribution in [0.25, 0.3) is 11.3 Å². The molecule has 4 nitrogen and oxygen atoms in total. The summed E-state index contributed by atoms with van der Waals surface area (Å²) in [6.07, 6.45) is 0. The zero-order chi connectivity index (χ0) is 19.8. The number of ether oxygens (including phenoxy) is 1. The van der Waals surface area contributed by atoms with Crippen LogP contribution in [-0.4, -0.2) is 16.1 Å². The number of rotatable bonds is 3. The topological polar surface area (TPSA) is 48.3 Å².